The first-order valence-electron chi connectivity index (χ1n) is 9.07. The van der Waals surface area contributed by atoms with Crippen molar-refractivity contribution in [3.8, 4) is 0 Å². The highest BCUT2D eigenvalue weighted by molar-refractivity contribution is 5.82. The molecule has 0 aliphatic carbocycles. The third kappa shape index (κ3) is 5.91. The quantitative estimate of drug-likeness (QED) is 0.632. The van der Waals surface area contributed by atoms with Gasteiger partial charge in [-0.2, -0.15) is 0 Å². The topological polar surface area (TPSA) is 55.9 Å². The molecule has 0 radical (unpaired) electrons. The van der Waals surface area contributed by atoms with Crippen molar-refractivity contribution < 1.29 is 9.59 Å². The number of rotatable bonds is 9. The van der Waals surface area contributed by atoms with E-state index in [4.69, 9.17) is 0 Å². The van der Waals surface area contributed by atoms with Crippen molar-refractivity contribution in [3.63, 3.8) is 0 Å². The van der Waals surface area contributed by atoms with E-state index in [1.807, 2.05) is 4.90 Å². The number of hydrogen-bond donors (Lipinski definition) is 1. The van der Waals surface area contributed by atoms with E-state index in [1.165, 1.54) is 0 Å². The van der Waals surface area contributed by atoms with Gasteiger partial charge in [0.2, 0.25) is 11.8 Å². The van der Waals surface area contributed by atoms with E-state index in [0.29, 0.717) is 32.1 Å². The van der Waals surface area contributed by atoms with Crippen LogP contribution in [0, 0.1) is 5.92 Å². The fourth-order valence-electron chi connectivity index (χ4n) is 3.24. The van der Waals surface area contributed by atoms with Crippen molar-refractivity contribution in [2.24, 2.45) is 5.92 Å². The van der Waals surface area contributed by atoms with E-state index < -0.39 is 0 Å². The molecule has 0 saturated carbocycles. The summed E-state index contributed by atoms with van der Waals surface area (Å²) in [7, 11) is 0. The fraction of sp³-hybridized carbons (Fsp3) is 0.778. The first kappa shape index (κ1) is 20.6. The molecule has 1 aliphatic rings. The maximum Gasteiger partial charge on any atom is 0.240 e. The van der Waals surface area contributed by atoms with Crippen LogP contribution in [0.15, 0.2) is 12.7 Å². The lowest BCUT2D eigenvalue weighted by atomic mass is 10.0. The Bertz CT molecular complexity index is 413. The molecule has 0 aromatic rings. The Morgan fingerprint density at radius 1 is 1.17 bits per heavy atom. The lowest BCUT2D eigenvalue weighted by Gasteiger charge is -2.39. The SMILES string of the molecule is C=CCNC(=O)CN1CCN(C(=O)C(C(C)C)N(CC)CC)CC1. The monoisotopic (exact) mass is 338 g/mol. The Kier molecular flexibility index (Phi) is 9.00. The normalized spacial score (nSPS) is 17.2. The molecule has 0 aromatic heterocycles. The van der Waals surface area contributed by atoms with Gasteiger partial charge in [-0.3, -0.25) is 19.4 Å². The number of hydrogen-bond acceptors (Lipinski definition) is 4. The van der Waals surface area contributed by atoms with E-state index in [1.54, 1.807) is 6.08 Å². The Morgan fingerprint density at radius 3 is 2.21 bits per heavy atom. The van der Waals surface area contributed by atoms with Crippen molar-refractivity contribution in [3.05, 3.63) is 12.7 Å². The minimum atomic E-state index is -0.0533. The molecule has 1 atom stereocenters. The second-order valence-electron chi connectivity index (χ2n) is 6.60. The van der Waals surface area contributed by atoms with Crippen LogP contribution in [0.1, 0.15) is 27.7 Å². The van der Waals surface area contributed by atoms with Gasteiger partial charge in [0.25, 0.3) is 0 Å². The van der Waals surface area contributed by atoms with Crippen molar-refractivity contribution in [1.29, 1.82) is 0 Å². The summed E-state index contributed by atoms with van der Waals surface area (Å²) >= 11 is 0. The molecule has 0 bridgehead atoms. The summed E-state index contributed by atoms with van der Waals surface area (Å²) in [6.07, 6.45) is 1.67. The van der Waals surface area contributed by atoms with Gasteiger partial charge in [0, 0.05) is 32.7 Å². The Morgan fingerprint density at radius 2 is 1.75 bits per heavy atom. The minimum absolute atomic E-state index is 0.0119. The van der Waals surface area contributed by atoms with Crippen LogP contribution in [0.4, 0.5) is 0 Å². The van der Waals surface area contributed by atoms with Gasteiger partial charge in [-0.1, -0.05) is 33.8 Å². The lowest BCUT2D eigenvalue weighted by Crippen LogP contribution is -2.57. The van der Waals surface area contributed by atoms with Gasteiger partial charge in [0.15, 0.2) is 0 Å². The lowest BCUT2D eigenvalue weighted by molar-refractivity contribution is -0.140. The van der Waals surface area contributed by atoms with E-state index in [2.05, 4.69) is 49.4 Å². The average molecular weight is 338 g/mol. The third-order valence-electron chi connectivity index (χ3n) is 4.58. The fourth-order valence-corrected chi connectivity index (χ4v) is 3.24. The van der Waals surface area contributed by atoms with Crippen LogP contribution in [0.5, 0.6) is 0 Å². The van der Waals surface area contributed by atoms with Gasteiger partial charge in [0.05, 0.1) is 12.6 Å². The maximum atomic E-state index is 12.9. The molecule has 6 heteroatoms. The van der Waals surface area contributed by atoms with Crippen LogP contribution in [0.2, 0.25) is 0 Å². The molecule has 1 saturated heterocycles. The second kappa shape index (κ2) is 10.5. The molecule has 2 amide bonds. The van der Waals surface area contributed by atoms with E-state index in [0.717, 1.165) is 26.2 Å². The molecule has 1 rings (SSSR count). The Hall–Kier alpha value is -1.40. The summed E-state index contributed by atoms with van der Waals surface area (Å²) in [5.41, 5.74) is 0. The van der Waals surface area contributed by atoms with Crippen LogP contribution < -0.4 is 5.32 Å². The molecule has 1 unspecified atom stereocenters. The van der Waals surface area contributed by atoms with Gasteiger partial charge < -0.3 is 10.2 Å². The largest absolute Gasteiger partial charge is 0.352 e. The van der Waals surface area contributed by atoms with E-state index in [9.17, 15) is 9.59 Å². The molecular weight excluding hydrogens is 304 g/mol. The highest BCUT2D eigenvalue weighted by atomic mass is 16.2. The molecule has 0 spiro atoms. The molecule has 1 aliphatic heterocycles. The number of nitrogens with one attached hydrogen (secondary N) is 1. The van der Waals surface area contributed by atoms with Crippen molar-refractivity contribution >= 4 is 11.8 Å². The average Bonchev–Trinajstić information content (AvgIpc) is 2.57. The summed E-state index contributed by atoms with van der Waals surface area (Å²) in [6.45, 7) is 17.6. The third-order valence-corrected chi connectivity index (χ3v) is 4.58. The minimum Gasteiger partial charge on any atom is -0.352 e. The van der Waals surface area contributed by atoms with E-state index >= 15 is 0 Å². The van der Waals surface area contributed by atoms with Gasteiger partial charge in [-0.15, -0.1) is 6.58 Å². The molecule has 1 N–H and O–H groups in total. The first-order chi connectivity index (χ1) is 11.4. The predicted octanol–water partition coefficient (Wildman–Crippen LogP) is 0.799. The van der Waals surface area contributed by atoms with Crippen LogP contribution in [0.25, 0.3) is 0 Å². The van der Waals surface area contributed by atoms with Crippen LogP contribution in [0.3, 0.4) is 0 Å². The van der Waals surface area contributed by atoms with Crippen molar-refractivity contribution in [1.82, 2.24) is 20.0 Å². The molecule has 138 valence electrons. The summed E-state index contributed by atoms with van der Waals surface area (Å²) in [5, 5.41) is 2.79. The number of amides is 2. The zero-order valence-electron chi connectivity index (χ0n) is 15.8. The summed E-state index contributed by atoms with van der Waals surface area (Å²) in [4.78, 5) is 31.0. The van der Waals surface area contributed by atoms with Gasteiger partial charge in [-0.25, -0.2) is 0 Å². The van der Waals surface area contributed by atoms with Gasteiger partial charge in [0.1, 0.15) is 0 Å². The molecule has 1 heterocycles. The molecule has 24 heavy (non-hydrogen) atoms. The molecule has 0 aromatic carbocycles. The maximum absolute atomic E-state index is 12.9. The summed E-state index contributed by atoms with van der Waals surface area (Å²) in [6, 6.07) is -0.0533. The van der Waals surface area contributed by atoms with Crippen LogP contribution in [-0.2, 0) is 9.59 Å². The smallest absolute Gasteiger partial charge is 0.240 e. The first-order valence-corrected chi connectivity index (χ1v) is 9.07. The molecule has 6 nitrogen and oxygen atoms in total. The van der Waals surface area contributed by atoms with Gasteiger partial charge >= 0.3 is 0 Å². The van der Waals surface area contributed by atoms with Gasteiger partial charge in [-0.05, 0) is 19.0 Å². The number of likely N-dealkylation sites (N-methyl/N-ethyl adjacent to an activating group) is 1. The number of nitrogens with zero attached hydrogens (tertiary/aromatic N) is 3. The Balaban J connectivity index is 2.54. The Labute approximate surface area is 146 Å². The highest BCUT2D eigenvalue weighted by Gasteiger charge is 2.32. The molecular formula is C18H34N4O2. The summed E-state index contributed by atoms with van der Waals surface area (Å²) < 4.78 is 0. The summed E-state index contributed by atoms with van der Waals surface area (Å²) in [5.74, 6) is 0.530. The second-order valence-corrected chi connectivity index (χ2v) is 6.60. The van der Waals surface area contributed by atoms with E-state index in [-0.39, 0.29) is 17.9 Å². The zero-order valence-corrected chi connectivity index (χ0v) is 15.8. The van der Waals surface area contributed by atoms with Crippen molar-refractivity contribution in [2.45, 2.75) is 33.7 Å². The highest BCUT2D eigenvalue weighted by Crippen LogP contribution is 2.15. The number of carbonyl (C=O) groups excluding carboxylic acids is 2. The number of piperazine rings is 1. The van der Waals surface area contributed by atoms with Crippen LogP contribution in [-0.4, -0.2) is 84.9 Å². The predicted molar refractivity (Wildman–Crippen MR) is 97.8 cm³/mol. The van der Waals surface area contributed by atoms with Crippen LogP contribution >= 0.6 is 0 Å². The number of carbonyl (C=O) groups is 2. The zero-order chi connectivity index (χ0) is 18.1. The standard InChI is InChI=1S/C18H34N4O2/c1-6-9-19-16(23)14-20-10-12-22(13-11-20)18(24)17(15(4)5)21(7-2)8-3/h6,15,17H,1,7-14H2,2-5H3,(H,19,23). The van der Waals surface area contributed by atoms with Crippen molar-refractivity contribution in [2.75, 3.05) is 52.4 Å². The molecule has 1 fully saturated rings.